The van der Waals surface area contributed by atoms with E-state index in [0.29, 0.717) is 0 Å². The second kappa shape index (κ2) is 8.10. The quantitative estimate of drug-likeness (QED) is 0.478. The zero-order valence-electron chi connectivity index (χ0n) is 12.5. The average molecular weight is 376 g/mol. The summed E-state index contributed by atoms with van der Waals surface area (Å²) < 4.78 is 12.1. The predicted octanol–water partition coefficient (Wildman–Crippen LogP) is 4.83. The highest BCUT2D eigenvalue weighted by molar-refractivity contribution is 14.1. The van der Waals surface area contributed by atoms with Crippen LogP contribution in [0.2, 0.25) is 0 Å². The molecule has 0 N–H and O–H groups in total. The van der Waals surface area contributed by atoms with Crippen LogP contribution < -0.4 is 4.74 Å². The minimum absolute atomic E-state index is 0.0137. The molecule has 1 aromatic rings. The lowest BCUT2D eigenvalue weighted by atomic mass is 9.98. The summed E-state index contributed by atoms with van der Waals surface area (Å²) in [5.41, 5.74) is 1.33. The molecule has 0 atom stereocenters. The van der Waals surface area contributed by atoms with E-state index in [1.165, 1.54) is 28.4 Å². The van der Waals surface area contributed by atoms with Crippen molar-refractivity contribution in [2.24, 2.45) is 0 Å². The first-order valence-corrected chi connectivity index (χ1v) is 7.94. The standard InChI is InChI=1S/C16H25IO2/c1-16(2,19-4)11-7-5-6-8-13-12-14(17)9-10-15(13)18-3/h9-10,12H,5-8,11H2,1-4H3. The van der Waals surface area contributed by atoms with E-state index in [-0.39, 0.29) is 5.60 Å². The number of halogens is 1. The van der Waals surface area contributed by atoms with Crippen molar-refractivity contribution in [3.05, 3.63) is 27.3 Å². The molecule has 1 aromatic carbocycles. The van der Waals surface area contributed by atoms with Crippen molar-refractivity contribution >= 4 is 22.6 Å². The Hall–Kier alpha value is -0.290. The summed E-state index contributed by atoms with van der Waals surface area (Å²) in [6.07, 6.45) is 5.87. The number of hydrogen-bond acceptors (Lipinski definition) is 2. The summed E-state index contributed by atoms with van der Waals surface area (Å²) in [6.45, 7) is 4.30. The second-order valence-electron chi connectivity index (χ2n) is 5.48. The molecule has 0 aliphatic carbocycles. The van der Waals surface area contributed by atoms with E-state index in [2.05, 4.69) is 54.6 Å². The van der Waals surface area contributed by atoms with Crippen molar-refractivity contribution in [3.63, 3.8) is 0 Å². The zero-order valence-corrected chi connectivity index (χ0v) is 14.6. The van der Waals surface area contributed by atoms with Crippen molar-refractivity contribution in [1.29, 1.82) is 0 Å². The SMILES string of the molecule is COc1ccc(I)cc1CCCCCC(C)(C)OC. The van der Waals surface area contributed by atoms with Crippen LogP contribution >= 0.6 is 22.6 Å². The first-order valence-electron chi connectivity index (χ1n) is 6.86. The van der Waals surface area contributed by atoms with Crippen LogP contribution in [0.3, 0.4) is 0 Å². The van der Waals surface area contributed by atoms with E-state index in [1.807, 2.05) is 0 Å². The Morgan fingerprint density at radius 3 is 2.47 bits per heavy atom. The molecule has 0 spiro atoms. The monoisotopic (exact) mass is 376 g/mol. The number of aryl methyl sites for hydroxylation is 1. The maximum Gasteiger partial charge on any atom is 0.122 e. The van der Waals surface area contributed by atoms with E-state index in [1.54, 1.807) is 14.2 Å². The molecule has 0 aromatic heterocycles. The number of ether oxygens (including phenoxy) is 2. The van der Waals surface area contributed by atoms with Gasteiger partial charge in [0.05, 0.1) is 12.7 Å². The van der Waals surface area contributed by atoms with E-state index >= 15 is 0 Å². The molecule has 0 unspecified atom stereocenters. The molecular weight excluding hydrogens is 351 g/mol. The minimum atomic E-state index is 0.0137. The van der Waals surface area contributed by atoms with Gasteiger partial charge in [-0.2, -0.15) is 0 Å². The Morgan fingerprint density at radius 2 is 1.84 bits per heavy atom. The number of unbranched alkanes of at least 4 members (excludes halogenated alkanes) is 2. The van der Waals surface area contributed by atoms with Gasteiger partial charge in [0.15, 0.2) is 0 Å². The van der Waals surface area contributed by atoms with Crippen molar-refractivity contribution in [2.75, 3.05) is 14.2 Å². The number of hydrogen-bond donors (Lipinski definition) is 0. The molecule has 19 heavy (non-hydrogen) atoms. The summed E-state index contributed by atoms with van der Waals surface area (Å²) in [7, 11) is 3.53. The second-order valence-corrected chi connectivity index (χ2v) is 6.73. The topological polar surface area (TPSA) is 18.5 Å². The fraction of sp³-hybridized carbons (Fsp3) is 0.625. The fourth-order valence-corrected chi connectivity index (χ4v) is 2.64. The molecule has 0 saturated heterocycles. The summed E-state index contributed by atoms with van der Waals surface area (Å²) in [5.74, 6) is 1.01. The molecule has 0 fully saturated rings. The largest absolute Gasteiger partial charge is 0.496 e. The molecule has 0 heterocycles. The van der Waals surface area contributed by atoms with Gasteiger partial charge in [-0.15, -0.1) is 0 Å². The molecule has 0 bridgehead atoms. The van der Waals surface area contributed by atoms with Crippen LogP contribution in [0.5, 0.6) is 5.75 Å². The van der Waals surface area contributed by atoms with Gasteiger partial charge in [0.2, 0.25) is 0 Å². The first-order chi connectivity index (χ1) is 8.98. The summed E-state index contributed by atoms with van der Waals surface area (Å²) >= 11 is 2.35. The zero-order chi connectivity index (χ0) is 14.3. The molecule has 1 rings (SSSR count). The van der Waals surface area contributed by atoms with Crippen molar-refractivity contribution in [2.45, 2.75) is 51.6 Å². The number of rotatable bonds is 8. The van der Waals surface area contributed by atoms with Crippen LogP contribution in [0.4, 0.5) is 0 Å². The summed E-state index contributed by atoms with van der Waals surface area (Å²) in [5, 5.41) is 0. The van der Waals surface area contributed by atoms with Crippen LogP contribution in [-0.4, -0.2) is 19.8 Å². The van der Waals surface area contributed by atoms with Crippen molar-refractivity contribution < 1.29 is 9.47 Å². The maximum absolute atomic E-state index is 5.43. The predicted molar refractivity (Wildman–Crippen MR) is 89.0 cm³/mol. The Kier molecular flexibility index (Phi) is 7.15. The van der Waals surface area contributed by atoms with Crippen LogP contribution in [-0.2, 0) is 11.2 Å². The highest BCUT2D eigenvalue weighted by Gasteiger charge is 2.15. The minimum Gasteiger partial charge on any atom is -0.496 e. The molecule has 0 saturated carbocycles. The molecule has 2 nitrogen and oxygen atoms in total. The van der Waals surface area contributed by atoms with Gasteiger partial charge in [0, 0.05) is 10.7 Å². The molecule has 3 heteroatoms. The van der Waals surface area contributed by atoms with E-state index in [9.17, 15) is 0 Å². The Morgan fingerprint density at radius 1 is 1.11 bits per heavy atom. The van der Waals surface area contributed by atoms with Crippen LogP contribution in [0.1, 0.15) is 45.1 Å². The van der Waals surface area contributed by atoms with Crippen LogP contribution in [0.25, 0.3) is 0 Å². The lowest BCUT2D eigenvalue weighted by Gasteiger charge is -2.22. The Bertz CT molecular complexity index is 388. The molecule has 0 amide bonds. The van der Waals surface area contributed by atoms with E-state index in [0.717, 1.165) is 18.6 Å². The van der Waals surface area contributed by atoms with Gasteiger partial charge in [-0.05, 0) is 79.5 Å². The Balaban J connectivity index is 2.35. The summed E-state index contributed by atoms with van der Waals surface area (Å²) in [6, 6.07) is 6.37. The summed E-state index contributed by atoms with van der Waals surface area (Å²) in [4.78, 5) is 0. The van der Waals surface area contributed by atoms with Crippen molar-refractivity contribution in [3.8, 4) is 5.75 Å². The molecule has 0 radical (unpaired) electrons. The van der Waals surface area contributed by atoms with Gasteiger partial charge in [-0.3, -0.25) is 0 Å². The van der Waals surface area contributed by atoms with Gasteiger partial charge in [0.25, 0.3) is 0 Å². The molecule has 0 aliphatic rings. The number of methoxy groups -OCH3 is 2. The highest BCUT2D eigenvalue weighted by atomic mass is 127. The maximum atomic E-state index is 5.43. The van der Waals surface area contributed by atoms with E-state index in [4.69, 9.17) is 9.47 Å². The van der Waals surface area contributed by atoms with Gasteiger partial charge >= 0.3 is 0 Å². The average Bonchev–Trinajstić information content (AvgIpc) is 2.38. The third-order valence-corrected chi connectivity index (χ3v) is 4.19. The molecule has 108 valence electrons. The fourth-order valence-electron chi connectivity index (χ4n) is 2.09. The van der Waals surface area contributed by atoms with Crippen LogP contribution in [0.15, 0.2) is 18.2 Å². The van der Waals surface area contributed by atoms with Gasteiger partial charge < -0.3 is 9.47 Å². The normalized spacial score (nSPS) is 11.6. The first kappa shape index (κ1) is 16.8. The van der Waals surface area contributed by atoms with Crippen LogP contribution in [0, 0.1) is 3.57 Å². The van der Waals surface area contributed by atoms with Gasteiger partial charge in [0.1, 0.15) is 5.75 Å². The van der Waals surface area contributed by atoms with Crippen molar-refractivity contribution in [1.82, 2.24) is 0 Å². The molecule has 0 aliphatic heterocycles. The van der Waals surface area contributed by atoms with Gasteiger partial charge in [-0.25, -0.2) is 0 Å². The lowest BCUT2D eigenvalue weighted by molar-refractivity contribution is 0.0134. The third kappa shape index (κ3) is 6.13. The lowest BCUT2D eigenvalue weighted by Crippen LogP contribution is -2.21. The molecular formula is C16H25IO2. The van der Waals surface area contributed by atoms with Gasteiger partial charge in [-0.1, -0.05) is 12.8 Å². The smallest absolute Gasteiger partial charge is 0.122 e. The number of benzene rings is 1. The van der Waals surface area contributed by atoms with E-state index < -0.39 is 0 Å². The Labute approximate surface area is 131 Å². The highest BCUT2D eigenvalue weighted by Crippen LogP contribution is 2.24. The third-order valence-electron chi connectivity index (χ3n) is 3.52.